The largest absolute Gasteiger partial charge is 0.492 e. The zero-order chi connectivity index (χ0) is 14.9. The lowest BCUT2D eigenvalue weighted by Gasteiger charge is -2.19. The Morgan fingerprint density at radius 1 is 1.43 bits per heavy atom. The van der Waals surface area contributed by atoms with Crippen LogP contribution in [0.4, 0.5) is 4.79 Å². The summed E-state index contributed by atoms with van der Waals surface area (Å²) in [7, 11) is 0. The van der Waals surface area contributed by atoms with Crippen LogP contribution in [0.25, 0.3) is 0 Å². The Bertz CT molecular complexity index is 575. The molecule has 2 saturated heterocycles. The Morgan fingerprint density at radius 3 is 3.00 bits per heavy atom. The molecule has 1 aromatic rings. The smallest absolute Gasteiger partial charge is 0.325 e. The molecule has 1 spiro atoms. The molecule has 21 heavy (non-hydrogen) atoms. The molecule has 1 unspecified atom stereocenters. The maximum absolute atomic E-state index is 12.4. The van der Waals surface area contributed by atoms with Crippen molar-refractivity contribution in [2.24, 2.45) is 0 Å². The van der Waals surface area contributed by atoms with Crippen molar-refractivity contribution in [3.8, 4) is 5.75 Å². The van der Waals surface area contributed by atoms with E-state index in [9.17, 15) is 9.59 Å². The van der Waals surface area contributed by atoms with Crippen molar-refractivity contribution in [1.82, 2.24) is 10.2 Å². The second kappa shape index (κ2) is 5.88. The summed E-state index contributed by atoms with van der Waals surface area (Å²) in [5.74, 6) is 2.17. The van der Waals surface area contributed by atoms with E-state index in [2.05, 4.69) is 21.2 Å². The van der Waals surface area contributed by atoms with Crippen molar-refractivity contribution in [1.29, 1.82) is 0 Å². The topological polar surface area (TPSA) is 58.6 Å². The van der Waals surface area contributed by atoms with Gasteiger partial charge in [-0.05, 0) is 30.4 Å². The summed E-state index contributed by atoms with van der Waals surface area (Å²) in [6.07, 6.45) is 0.714. The highest BCUT2D eigenvalue weighted by Crippen LogP contribution is 2.33. The molecule has 1 N–H and O–H groups in total. The molecule has 112 valence electrons. The number of urea groups is 1. The zero-order valence-electron chi connectivity index (χ0n) is 11.3. The van der Waals surface area contributed by atoms with E-state index >= 15 is 0 Å². The Kier molecular flexibility index (Phi) is 4.12. The third-order valence-electron chi connectivity index (χ3n) is 3.65. The van der Waals surface area contributed by atoms with Crippen LogP contribution in [-0.2, 0) is 4.79 Å². The van der Waals surface area contributed by atoms with E-state index in [0.29, 0.717) is 24.5 Å². The highest BCUT2D eigenvalue weighted by Gasteiger charge is 2.52. The number of hydrogen-bond donors (Lipinski definition) is 1. The van der Waals surface area contributed by atoms with E-state index in [1.54, 1.807) is 11.8 Å². The first-order valence-corrected chi connectivity index (χ1v) is 8.66. The summed E-state index contributed by atoms with van der Waals surface area (Å²) >= 11 is 5.07. The first-order valence-electron chi connectivity index (χ1n) is 6.71. The maximum Gasteiger partial charge on any atom is 0.325 e. The van der Waals surface area contributed by atoms with Gasteiger partial charge in [-0.3, -0.25) is 9.69 Å². The summed E-state index contributed by atoms with van der Waals surface area (Å²) in [5.41, 5.74) is -0.669. The van der Waals surface area contributed by atoms with Crippen LogP contribution in [0.5, 0.6) is 5.75 Å². The van der Waals surface area contributed by atoms with Gasteiger partial charge in [0.05, 0.1) is 6.54 Å². The molecule has 1 aromatic carbocycles. The van der Waals surface area contributed by atoms with E-state index in [4.69, 9.17) is 4.74 Å². The normalized spacial score (nSPS) is 24.7. The molecule has 0 aromatic heterocycles. The number of thioether (sulfide) groups is 1. The van der Waals surface area contributed by atoms with E-state index < -0.39 is 5.54 Å². The highest BCUT2D eigenvalue weighted by molar-refractivity contribution is 9.10. The zero-order valence-corrected chi connectivity index (χ0v) is 13.7. The predicted octanol–water partition coefficient (Wildman–Crippen LogP) is 2.26. The molecule has 1 atom stereocenters. The van der Waals surface area contributed by atoms with Crippen LogP contribution >= 0.6 is 27.7 Å². The standard InChI is InChI=1S/C14H15BrN2O3S/c15-10-2-1-3-11(8-10)20-6-5-17-12(18)14(16-13(17)19)4-7-21-9-14/h1-3,8H,4-7,9H2,(H,16,19). The van der Waals surface area contributed by atoms with Crippen LogP contribution < -0.4 is 10.1 Å². The summed E-state index contributed by atoms with van der Waals surface area (Å²) < 4.78 is 6.52. The van der Waals surface area contributed by atoms with Gasteiger partial charge in [-0.25, -0.2) is 4.79 Å². The molecule has 2 aliphatic rings. The number of amides is 3. The second-order valence-electron chi connectivity index (χ2n) is 5.08. The minimum Gasteiger partial charge on any atom is -0.492 e. The highest BCUT2D eigenvalue weighted by atomic mass is 79.9. The third kappa shape index (κ3) is 2.89. The molecule has 0 radical (unpaired) electrons. The van der Waals surface area contributed by atoms with Crippen molar-refractivity contribution < 1.29 is 14.3 Å². The molecule has 2 heterocycles. The number of carbonyl (C=O) groups excluding carboxylic acids is 2. The Hall–Kier alpha value is -1.21. The van der Waals surface area contributed by atoms with Gasteiger partial charge in [0, 0.05) is 10.2 Å². The van der Waals surface area contributed by atoms with Gasteiger partial charge in [-0.1, -0.05) is 22.0 Å². The molecule has 0 bridgehead atoms. The molecular weight excluding hydrogens is 356 g/mol. The maximum atomic E-state index is 12.4. The molecular formula is C14H15BrN2O3S. The van der Waals surface area contributed by atoms with Crippen LogP contribution in [0.2, 0.25) is 0 Å². The Morgan fingerprint density at radius 2 is 2.29 bits per heavy atom. The number of halogens is 1. The quantitative estimate of drug-likeness (QED) is 0.825. The van der Waals surface area contributed by atoms with Crippen molar-refractivity contribution in [3.05, 3.63) is 28.7 Å². The number of benzene rings is 1. The fourth-order valence-corrected chi connectivity index (χ4v) is 4.23. The lowest BCUT2D eigenvalue weighted by Crippen LogP contribution is -2.47. The van der Waals surface area contributed by atoms with Crippen LogP contribution in [0.3, 0.4) is 0 Å². The van der Waals surface area contributed by atoms with Crippen LogP contribution in [0.1, 0.15) is 6.42 Å². The molecule has 0 aliphatic carbocycles. The van der Waals surface area contributed by atoms with Crippen molar-refractivity contribution in [2.75, 3.05) is 24.7 Å². The van der Waals surface area contributed by atoms with Crippen LogP contribution in [-0.4, -0.2) is 47.0 Å². The van der Waals surface area contributed by atoms with Gasteiger partial charge in [0.2, 0.25) is 0 Å². The molecule has 2 aliphatic heterocycles. The van der Waals surface area contributed by atoms with Gasteiger partial charge in [0.15, 0.2) is 0 Å². The minimum atomic E-state index is -0.669. The predicted molar refractivity (Wildman–Crippen MR) is 84.6 cm³/mol. The number of nitrogens with zero attached hydrogens (tertiary/aromatic N) is 1. The molecule has 0 saturated carbocycles. The van der Waals surface area contributed by atoms with Gasteiger partial charge in [-0.15, -0.1) is 0 Å². The average molecular weight is 371 g/mol. The summed E-state index contributed by atoms with van der Waals surface area (Å²) in [6, 6.07) is 7.16. The third-order valence-corrected chi connectivity index (χ3v) is 5.33. The average Bonchev–Trinajstić information content (AvgIpc) is 3.00. The summed E-state index contributed by atoms with van der Waals surface area (Å²) in [4.78, 5) is 25.6. The number of ether oxygens (including phenoxy) is 1. The SMILES string of the molecule is O=C1NC2(CCSC2)C(=O)N1CCOc1cccc(Br)c1. The number of nitrogens with one attached hydrogen (secondary N) is 1. The van der Waals surface area contributed by atoms with Gasteiger partial charge in [0.1, 0.15) is 17.9 Å². The van der Waals surface area contributed by atoms with Crippen LogP contribution in [0, 0.1) is 0 Å². The number of rotatable bonds is 4. The molecule has 3 rings (SSSR count). The lowest BCUT2D eigenvalue weighted by atomic mass is 9.99. The van der Waals surface area contributed by atoms with Gasteiger partial charge >= 0.3 is 6.03 Å². The van der Waals surface area contributed by atoms with E-state index in [-0.39, 0.29) is 18.5 Å². The number of carbonyl (C=O) groups is 2. The molecule has 7 heteroatoms. The van der Waals surface area contributed by atoms with Crippen molar-refractivity contribution >= 4 is 39.6 Å². The first-order chi connectivity index (χ1) is 10.1. The Balaban J connectivity index is 1.58. The van der Waals surface area contributed by atoms with Crippen molar-refractivity contribution in [3.63, 3.8) is 0 Å². The fraction of sp³-hybridized carbons (Fsp3) is 0.429. The second-order valence-corrected chi connectivity index (χ2v) is 7.10. The number of hydrogen-bond acceptors (Lipinski definition) is 4. The Labute approximate surface area is 135 Å². The van der Waals surface area contributed by atoms with Crippen LogP contribution in [0.15, 0.2) is 28.7 Å². The fourth-order valence-electron chi connectivity index (χ4n) is 2.52. The van der Waals surface area contributed by atoms with E-state index in [0.717, 1.165) is 10.2 Å². The first kappa shape index (κ1) is 14.7. The minimum absolute atomic E-state index is 0.115. The summed E-state index contributed by atoms with van der Waals surface area (Å²) in [6.45, 7) is 0.558. The molecule has 5 nitrogen and oxygen atoms in total. The monoisotopic (exact) mass is 370 g/mol. The van der Waals surface area contributed by atoms with Gasteiger partial charge < -0.3 is 10.1 Å². The van der Waals surface area contributed by atoms with E-state index in [1.165, 1.54) is 4.90 Å². The molecule has 3 amide bonds. The summed E-state index contributed by atoms with van der Waals surface area (Å²) in [5, 5.41) is 2.84. The van der Waals surface area contributed by atoms with Crippen molar-refractivity contribution in [2.45, 2.75) is 12.0 Å². The van der Waals surface area contributed by atoms with E-state index in [1.807, 2.05) is 24.3 Å². The molecule has 2 fully saturated rings. The number of imide groups is 1. The van der Waals surface area contributed by atoms with Gasteiger partial charge in [-0.2, -0.15) is 11.8 Å². The van der Waals surface area contributed by atoms with Gasteiger partial charge in [0.25, 0.3) is 5.91 Å². The lowest BCUT2D eigenvalue weighted by molar-refractivity contribution is -0.130.